The standard InChI is InChI=1S/C10H15NO2S/c1-9-5-2-3-6-10(9)7-4-8-14(11,12)13/h2-3,5-6H,4,7-8H2,1H3,(H2,11,12,13). The van der Waals surface area contributed by atoms with Crippen molar-refractivity contribution in [2.75, 3.05) is 5.75 Å². The predicted molar refractivity (Wildman–Crippen MR) is 57.5 cm³/mol. The van der Waals surface area contributed by atoms with E-state index in [1.807, 2.05) is 31.2 Å². The maximum absolute atomic E-state index is 10.7. The highest BCUT2D eigenvalue weighted by atomic mass is 32.2. The van der Waals surface area contributed by atoms with Crippen LogP contribution in [-0.4, -0.2) is 14.2 Å². The van der Waals surface area contributed by atoms with E-state index < -0.39 is 10.0 Å². The van der Waals surface area contributed by atoms with E-state index in [4.69, 9.17) is 5.14 Å². The molecule has 0 fully saturated rings. The Morgan fingerprint density at radius 2 is 1.93 bits per heavy atom. The number of hydrogen-bond donors (Lipinski definition) is 1. The van der Waals surface area contributed by atoms with Gasteiger partial charge in [-0.05, 0) is 30.9 Å². The summed E-state index contributed by atoms with van der Waals surface area (Å²) >= 11 is 0. The molecule has 14 heavy (non-hydrogen) atoms. The highest BCUT2D eigenvalue weighted by Crippen LogP contribution is 2.09. The lowest BCUT2D eigenvalue weighted by atomic mass is 10.1. The molecule has 1 aromatic carbocycles. The minimum Gasteiger partial charge on any atom is -0.229 e. The molecule has 78 valence electrons. The first-order chi connectivity index (χ1) is 6.49. The van der Waals surface area contributed by atoms with Crippen molar-refractivity contribution in [3.05, 3.63) is 35.4 Å². The second kappa shape index (κ2) is 4.57. The Balaban J connectivity index is 2.51. The molecule has 0 bridgehead atoms. The third-order valence-electron chi connectivity index (χ3n) is 2.14. The predicted octanol–water partition coefficient (Wildman–Crippen LogP) is 1.22. The Labute approximate surface area is 85.0 Å². The fourth-order valence-electron chi connectivity index (χ4n) is 1.35. The summed E-state index contributed by atoms with van der Waals surface area (Å²) in [7, 11) is -3.31. The lowest BCUT2D eigenvalue weighted by molar-refractivity contribution is 0.595. The van der Waals surface area contributed by atoms with Crippen LogP contribution >= 0.6 is 0 Å². The van der Waals surface area contributed by atoms with E-state index in [1.54, 1.807) is 0 Å². The first kappa shape index (κ1) is 11.2. The van der Waals surface area contributed by atoms with Crippen LogP contribution in [0, 0.1) is 6.92 Å². The van der Waals surface area contributed by atoms with Gasteiger partial charge in [0, 0.05) is 0 Å². The molecule has 2 N–H and O–H groups in total. The van der Waals surface area contributed by atoms with Crippen molar-refractivity contribution in [2.45, 2.75) is 19.8 Å². The molecule has 0 spiro atoms. The molecule has 0 aromatic heterocycles. The van der Waals surface area contributed by atoms with E-state index in [9.17, 15) is 8.42 Å². The SMILES string of the molecule is Cc1ccccc1CCCS(N)(=O)=O. The Kier molecular flexibility index (Phi) is 3.66. The summed E-state index contributed by atoms with van der Waals surface area (Å²) in [6.45, 7) is 2.02. The fourth-order valence-corrected chi connectivity index (χ4v) is 1.90. The minimum absolute atomic E-state index is 0.0569. The molecule has 1 aromatic rings. The van der Waals surface area contributed by atoms with Crippen LogP contribution in [0.3, 0.4) is 0 Å². The normalized spacial score (nSPS) is 11.6. The summed E-state index contributed by atoms with van der Waals surface area (Å²) in [5.41, 5.74) is 2.39. The van der Waals surface area contributed by atoms with Gasteiger partial charge in [-0.3, -0.25) is 0 Å². The van der Waals surface area contributed by atoms with Crippen molar-refractivity contribution in [1.82, 2.24) is 0 Å². The van der Waals surface area contributed by atoms with Crippen molar-refractivity contribution in [1.29, 1.82) is 0 Å². The van der Waals surface area contributed by atoms with Crippen LogP contribution in [-0.2, 0) is 16.4 Å². The average Bonchev–Trinajstić information content (AvgIpc) is 2.06. The van der Waals surface area contributed by atoms with Crippen LogP contribution < -0.4 is 5.14 Å². The monoisotopic (exact) mass is 213 g/mol. The second-order valence-corrected chi connectivity index (χ2v) is 5.13. The summed E-state index contributed by atoms with van der Waals surface area (Å²) in [5, 5.41) is 4.91. The third-order valence-corrected chi connectivity index (χ3v) is 2.99. The molecule has 0 amide bonds. The molecule has 4 heteroatoms. The zero-order chi connectivity index (χ0) is 10.6. The molecule has 0 heterocycles. The Hall–Kier alpha value is -0.870. The lowest BCUT2D eigenvalue weighted by Crippen LogP contribution is -2.16. The largest absolute Gasteiger partial charge is 0.229 e. The first-order valence-corrected chi connectivity index (χ1v) is 6.25. The highest BCUT2D eigenvalue weighted by Gasteiger charge is 2.03. The van der Waals surface area contributed by atoms with Crippen molar-refractivity contribution in [3.8, 4) is 0 Å². The quantitative estimate of drug-likeness (QED) is 0.817. The Morgan fingerprint density at radius 1 is 1.29 bits per heavy atom. The van der Waals surface area contributed by atoms with Crippen LogP contribution in [0.5, 0.6) is 0 Å². The van der Waals surface area contributed by atoms with Crippen molar-refractivity contribution in [3.63, 3.8) is 0 Å². The fraction of sp³-hybridized carbons (Fsp3) is 0.400. The molecule has 3 nitrogen and oxygen atoms in total. The molecule has 0 saturated heterocycles. The number of aryl methyl sites for hydroxylation is 2. The van der Waals surface area contributed by atoms with Crippen LogP contribution in [0.2, 0.25) is 0 Å². The molecular weight excluding hydrogens is 198 g/mol. The van der Waals surface area contributed by atoms with E-state index in [-0.39, 0.29) is 5.75 Å². The van der Waals surface area contributed by atoms with Gasteiger partial charge in [-0.15, -0.1) is 0 Å². The van der Waals surface area contributed by atoms with Crippen molar-refractivity contribution in [2.24, 2.45) is 5.14 Å². The average molecular weight is 213 g/mol. The smallest absolute Gasteiger partial charge is 0.209 e. The number of hydrogen-bond acceptors (Lipinski definition) is 2. The number of primary sulfonamides is 1. The maximum atomic E-state index is 10.7. The topological polar surface area (TPSA) is 60.2 Å². The molecule has 0 aliphatic heterocycles. The van der Waals surface area contributed by atoms with Gasteiger partial charge in [0.2, 0.25) is 10.0 Å². The van der Waals surface area contributed by atoms with Gasteiger partial charge in [-0.2, -0.15) is 0 Å². The lowest BCUT2D eigenvalue weighted by Gasteiger charge is -2.03. The Bertz CT molecular complexity index is 398. The molecule has 1 rings (SSSR count). The number of nitrogens with two attached hydrogens (primary N) is 1. The summed E-state index contributed by atoms with van der Waals surface area (Å²) in [5.74, 6) is 0.0569. The Morgan fingerprint density at radius 3 is 2.50 bits per heavy atom. The molecule has 0 aliphatic rings. The second-order valence-electron chi connectivity index (χ2n) is 3.40. The highest BCUT2D eigenvalue weighted by molar-refractivity contribution is 7.89. The van der Waals surface area contributed by atoms with Crippen molar-refractivity contribution < 1.29 is 8.42 Å². The van der Waals surface area contributed by atoms with E-state index in [0.717, 1.165) is 6.42 Å². The molecule has 0 radical (unpaired) electrons. The van der Waals surface area contributed by atoms with Crippen LogP contribution in [0.15, 0.2) is 24.3 Å². The third kappa shape index (κ3) is 3.89. The van der Waals surface area contributed by atoms with Crippen molar-refractivity contribution >= 4 is 10.0 Å². The van der Waals surface area contributed by atoms with Gasteiger partial charge in [0.05, 0.1) is 5.75 Å². The van der Waals surface area contributed by atoms with E-state index in [2.05, 4.69) is 0 Å². The van der Waals surface area contributed by atoms with Gasteiger partial charge in [0.1, 0.15) is 0 Å². The summed E-state index contributed by atoms with van der Waals surface area (Å²) in [6, 6.07) is 7.96. The zero-order valence-corrected chi connectivity index (χ0v) is 9.05. The zero-order valence-electron chi connectivity index (χ0n) is 8.23. The van der Waals surface area contributed by atoms with Gasteiger partial charge in [-0.1, -0.05) is 24.3 Å². The minimum atomic E-state index is -3.31. The van der Waals surface area contributed by atoms with Crippen LogP contribution in [0.4, 0.5) is 0 Å². The van der Waals surface area contributed by atoms with E-state index >= 15 is 0 Å². The first-order valence-electron chi connectivity index (χ1n) is 4.54. The van der Waals surface area contributed by atoms with E-state index in [0.29, 0.717) is 6.42 Å². The van der Waals surface area contributed by atoms with Crippen LogP contribution in [0.1, 0.15) is 17.5 Å². The van der Waals surface area contributed by atoms with Gasteiger partial charge in [0.15, 0.2) is 0 Å². The molecule has 0 atom stereocenters. The van der Waals surface area contributed by atoms with Gasteiger partial charge in [0.25, 0.3) is 0 Å². The molecule has 0 aliphatic carbocycles. The summed E-state index contributed by atoms with van der Waals surface area (Å²) < 4.78 is 21.4. The number of rotatable bonds is 4. The number of sulfonamides is 1. The van der Waals surface area contributed by atoms with E-state index in [1.165, 1.54) is 11.1 Å². The van der Waals surface area contributed by atoms with Gasteiger partial charge in [-0.25, -0.2) is 13.6 Å². The van der Waals surface area contributed by atoms with Crippen LogP contribution in [0.25, 0.3) is 0 Å². The summed E-state index contributed by atoms with van der Waals surface area (Å²) in [4.78, 5) is 0. The maximum Gasteiger partial charge on any atom is 0.209 e. The number of benzene rings is 1. The molecule has 0 saturated carbocycles. The molecular formula is C10H15NO2S. The summed E-state index contributed by atoms with van der Waals surface area (Å²) in [6.07, 6.45) is 1.35. The van der Waals surface area contributed by atoms with Gasteiger partial charge >= 0.3 is 0 Å². The molecule has 0 unspecified atom stereocenters. The van der Waals surface area contributed by atoms with Gasteiger partial charge < -0.3 is 0 Å².